The quantitative estimate of drug-likeness (QED) is 0.514. The summed E-state index contributed by atoms with van der Waals surface area (Å²) in [4.78, 5) is 12.4. The summed E-state index contributed by atoms with van der Waals surface area (Å²) in [7, 11) is 0. The van der Waals surface area contributed by atoms with E-state index in [4.69, 9.17) is 4.42 Å². The Bertz CT molecular complexity index is 983. The third-order valence-electron chi connectivity index (χ3n) is 3.80. The highest BCUT2D eigenvalue weighted by Gasteiger charge is 2.24. The van der Waals surface area contributed by atoms with E-state index in [1.54, 1.807) is 24.3 Å². The number of phenolic OH excluding ortho intramolecular Hbond substituents is 3. The van der Waals surface area contributed by atoms with Crippen LogP contribution in [0.4, 0.5) is 0 Å². The number of hydrogen-bond donors (Lipinski definition) is 4. The van der Waals surface area contributed by atoms with E-state index in [1.165, 1.54) is 6.92 Å². The van der Waals surface area contributed by atoms with Crippen molar-refractivity contribution in [3.05, 3.63) is 45.6 Å². The van der Waals surface area contributed by atoms with Gasteiger partial charge in [0.05, 0.1) is 5.39 Å². The second-order valence-corrected chi connectivity index (χ2v) is 5.35. The van der Waals surface area contributed by atoms with Crippen molar-refractivity contribution in [3.63, 3.8) is 0 Å². The van der Waals surface area contributed by atoms with E-state index in [2.05, 4.69) is 0 Å². The van der Waals surface area contributed by atoms with Gasteiger partial charge in [-0.1, -0.05) is 29.8 Å². The Balaban J connectivity index is 2.46. The first-order valence-corrected chi connectivity index (χ1v) is 6.83. The number of hydrogen-bond acceptors (Lipinski definition) is 6. The molecule has 0 bridgehead atoms. The predicted octanol–water partition coefficient (Wildman–Crippen LogP) is 2.90. The van der Waals surface area contributed by atoms with Crippen molar-refractivity contribution in [3.8, 4) is 34.3 Å². The maximum absolute atomic E-state index is 12.4. The van der Waals surface area contributed by atoms with Crippen molar-refractivity contribution >= 4 is 11.0 Å². The lowest BCUT2D eigenvalue weighted by Crippen LogP contribution is -2.05. The van der Waals surface area contributed by atoms with Crippen LogP contribution in [0.1, 0.15) is 11.1 Å². The van der Waals surface area contributed by atoms with Gasteiger partial charge in [0, 0.05) is 11.1 Å². The van der Waals surface area contributed by atoms with E-state index in [9.17, 15) is 25.2 Å². The van der Waals surface area contributed by atoms with Gasteiger partial charge in [0.15, 0.2) is 17.1 Å². The van der Waals surface area contributed by atoms with Crippen molar-refractivity contribution in [2.75, 3.05) is 0 Å². The Hall–Kier alpha value is -3.15. The Labute approximate surface area is 130 Å². The van der Waals surface area contributed by atoms with Crippen LogP contribution in [0.3, 0.4) is 0 Å². The lowest BCUT2D eigenvalue weighted by atomic mass is 10.0. The molecule has 118 valence electrons. The van der Waals surface area contributed by atoms with Crippen molar-refractivity contribution in [2.24, 2.45) is 0 Å². The summed E-state index contributed by atoms with van der Waals surface area (Å²) in [6, 6.07) is 6.86. The summed E-state index contributed by atoms with van der Waals surface area (Å²) in [5.41, 5.74) is 0.338. The minimum Gasteiger partial charge on any atom is -0.504 e. The molecule has 0 unspecified atom stereocenters. The molecule has 6 heteroatoms. The molecule has 0 fully saturated rings. The topological polar surface area (TPSA) is 111 Å². The van der Waals surface area contributed by atoms with E-state index in [-0.39, 0.29) is 22.3 Å². The fourth-order valence-corrected chi connectivity index (χ4v) is 2.45. The van der Waals surface area contributed by atoms with Gasteiger partial charge in [-0.3, -0.25) is 4.79 Å². The Morgan fingerprint density at radius 1 is 0.826 bits per heavy atom. The molecule has 0 spiro atoms. The molecule has 2 aromatic carbocycles. The summed E-state index contributed by atoms with van der Waals surface area (Å²) in [5.74, 6) is -2.92. The van der Waals surface area contributed by atoms with Crippen molar-refractivity contribution in [1.29, 1.82) is 0 Å². The first-order chi connectivity index (χ1) is 10.8. The molecule has 1 heterocycles. The predicted molar refractivity (Wildman–Crippen MR) is 84.1 cm³/mol. The number of fused-ring (bicyclic) bond motifs is 1. The summed E-state index contributed by atoms with van der Waals surface area (Å²) in [6.07, 6.45) is 0. The van der Waals surface area contributed by atoms with E-state index in [0.717, 1.165) is 5.56 Å². The zero-order valence-corrected chi connectivity index (χ0v) is 12.4. The van der Waals surface area contributed by atoms with E-state index < -0.39 is 28.4 Å². The lowest BCUT2D eigenvalue weighted by molar-refractivity contribution is 0.363. The van der Waals surface area contributed by atoms with Crippen LogP contribution >= 0.6 is 0 Å². The molecule has 3 rings (SSSR count). The van der Waals surface area contributed by atoms with Gasteiger partial charge >= 0.3 is 0 Å². The summed E-state index contributed by atoms with van der Waals surface area (Å²) < 4.78 is 5.48. The molecule has 0 aliphatic heterocycles. The first kappa shape index (κ1) is 14.8. The van der Waals surface area contributed by atoms with Gasteiger partial charge in [-0.25, -0.2) is 0 Å². The van der Waals surface area contributed by atoms with E-state index in [0.29, 0.717) is 5.56 Å². The average molecular weight is 314 g/mol. The maximum atomic E-state index is 12.4. The smallest absolute Gasteiger partial charge is 0.235 e. The maximum Gasteiger partial charge on any atom is 0.235 e. The highest BCUT2D eigenvalue weighted by molar-refractivity contribution is 5.93. The normalized spacial score (nSPS) is 11.0. The summed E-state index contributed by atoms with van der Waals surface area (Å²) in [5, 5.41) is 39.4. The third kappa shape index (κ3) is 2.07. The van der Waals surface area contributed by atoms with Gasteiger partial charge < -0.3 is 24.8 Å². The second-order valence-electron chi connectivity index (χ2n) is 5.35. The molecule has 0 amide bonds. The highest BCUT2D eigenvalue weighted by atomic mass is 16.4. The summed E-state index contributed by atoms with van der Waals surface area (Å²) in [6.45, 7) is 3.26. The number of aryl methyl sites for hydroxylation is 2. The number of rotatable bonds is 1. The lowest BCUT2D eigenvalue weighted by Gasteiger charge is -2.11. The van der Waals surface area contributed by atoms with Gasteiger partial charge in [0.1, 0.15) is 0 Å². The molecule has 0 radical (unpaired) electrons. The third-order valence-corrected chi connectivity index (χ3v) is 3.80. The Morgan fingerprint density at radius 2 is 1.43 bits per heavy atom. The molecule has 6 nitrogen and oxygen atoms in total. The van der Waals surface area contributed by atoms with Gasteiger partial charge in [0.25, 0.3) is 0 Å². The van der Waals surface area contributed by atoms with Crippen LogP contribution in [-0.4, -0.2) is 20.4 Å². The molecular weight excluding hydrogens is 300 g/mol. The van der Waals surface area contributed by atoms with Gasteiger partial charge in [-0.2, -0.15) is 0 Å². The van der Waals surface area contributed by atoms with Gasteiger partial charge in [-0.15, -0.1) is 0 Å². The van der Waals surface area contributed by atoms with Crippen LogP contribution in [0.25, 0.3) is 22.3 Å². The standard InChI is InChI=1S/C17H14O6/c1-7-3-5-9(6-4-7)16-14(21)12(19)10-8(2)11(18)13(20)15(22)17(10)23-16/h3-6,18,20-22H,1-2H3. The molecule has 23 heavy (non-hydrogen) atoms. The molecule has 0 aliphatic rings. The average Bonchev–Trinajstić information content (AvgIpc) is 2.54. The first-order valence-electron chi connectivity index (χ1n) is 6.83. The Morgan fingerprint density at radius 3 is 2.04 bits per heavy atom. The van der Waals surface area contributed by atoms with Crippen LogP contribution in [0.2, 0.25) is 0 Å². The van der Waals surface area contributed by atoms with Crippen molar-refractivity contribution < 1.29 is 24.8 Å². The zero-order chi connectivity index (χ0) is 16.9. The van der Waals surface area contributed by atoms with Crippen LogP contribution in [0.15, 0.2) is 33.5 Å². The molecule has 3 aromatic rings. The molecule has 1 aromatic heterocycles. The van der Waals surface area contributed by atoms with E-state index in [1.807, 2.05) is 6.92 Å². The Kier molecular flexibility index (Phi) is 3.18. The van der Waals surface area contributed by atoms with Crippen LogP contribution in [-0.2, 0) is 0 Å². The molecule has 0 atom stereocenters. The monoisotopic (exact) mass is 314 g/mol. The molecular formula is C17H14O6. The van der Waals surface area contributed by atoms with E-state index >= 15 is 0 Å². The van der Waals surface area contributed by atoms with Gasteiger partial charge in [0.2, 0.25) is 22.7 Å². The van der Waals surface area contributed by atoms with Crippen molar-refractivity contribution in [1.82, 2.24) is 0 Å². The highest BCUT2D eigenvalue weighted by Crippen LogP contribution is 2.45. The fourth-order valence-electron chi connectivity index (χ4n) is 2.45. The van der Waals surface area contributed by atoms with Gasteiger partial charge in [-0.05, 0) is 13.8 Å². The largest absolute Gasteiger partial charge is 0.504 e. The van der Waals surface area contributed by atoms with Crippen LogP contribution in [0.5, 0.6) is 23.0 Å². The molecule has 4 N–H and O–H groups in total. The minimum absolute atomic E-state index is 0.00908. The second kappa shape index (κ2) is 4.95. The zero-order valence-electron chi connectivity index (χ0n) is 12.4. The number of phenols is 3. The fraction of sp³-hybridized carbons (Fsp3) is 0.118. The minimum atomic E-state index is -0.801. The number of benzene rings is 2. The SMILES string of the molecule is Cc1ccc(-c2oc3c(O)c(O)c(O)c(C)c3c(=O)c2O)cc1. The van der Waals surface area contributed by atoms with Crippen molar-refractivity contribution in [2.45, 2.75) is 13.8 Å². The molecule has 0 saturated heterocycles. The number of aromatic hydroxyl groups is 4. The molecule has 0 saturated carbocycles. The van der Waals surface area contributed by atoms with Crippen LogP contribution in [0, 0.1) is 13.8 Å². The summed E-state index contributed by atoms with van der Waals surface area (Å²) >= 11 is 0. The van der Waals surface area contributed by atoms with Crippen LogP contribution < -0.4 is 5.43 Å². The molecule has 0 aliphatic carbocycles.